The van der Waals surface area contributed by atoms with Gasteiger partial charge in [-0.25, -0.2) is 0 Å². The first-order valence-corrected chi connectivity index (χ1v) is 6.22. The molecular weight excluding hydrogens is 286 g/mol. The van der Waals surface area contributed by atoms with E-state index in [9.17, 15) is 4.79 Å². The Morgan fingerprint density at radius 2 is 2.35 bits per heavy atom. The Kier molecular flexibility index (Phi) is 3.69. The molecule has 2 rings (SSSR count). The number of aliphatic hydroxyl groups excluding tert-OH is 1. The van der Waals surface area contributed by atoms with Gasteiger partial charge in [0.05, 0.1) is 6.61 Å². The molecule has 5 heteroatoms. The number of nitrogens with zero attached hydrogens (tertiary/aromatic N) is 1. The molecule has 4 nitrogen and oxygen atoms in total. The number of carbonyl (C=O) groups excluding carboxylic acids is 1. The van der Waals surface area contributed by atoms with E-state index in [1.165, 1.54) is 0 Å². The fourth-order valence-electron chi connectivity index (χ4n) is 1.81. The maximum atomic E-state index is 11.7. The summed E-state index contributed by atoms with van der Waals surface area (Å²) in [5.41, 5.74) is 0.751. The number of hydrogen-bond acceptors (Lipinski definition) is 3. The van der Waals surface area contributed by atoms with Crippen molar-refractivity contribution in [2.45, 2.75) is 19.1 Å². The molecule has 17 heavy (non-hydrogen) atoms. The maximum Gasteiger partial charge on any atom is 0.263 e. The van der Waals surface area contributed by atoms with Gasteiger partial charge in [0.25, 0.3) is 5.91 Å². The third-order valence-electron chi connectivity index (χ3n) is 2.84. The van der Waals surface area contributed by atoms with Crippen molar-refractivity contribution in [2.24, 2.45) is 0 Å². The number of likely N-dealkylation sites (tertiary alicyclic amines) is 1. The van der Waals surface area contributed by atoms with Gasteiger partial charge in [0, 0.05) is 24.5 Å². The highest BCUT2D eigenvalue weighted by Crippen LogP contribution is 2.25. The molecule has 0 aliphatic carbocycles. The van der Waals surface area contributed by atoms with Crippen LogP contribution in [-0.4, -0.2) is 35.6 Å². The van der Waals surface area contributed by atoms with E-state index in [4.69, 9.17) is 9.84 Å². The van der Waals surface area contributed by atoms with Crippen LogP contribution in [0.2, 0.25) is 0 Å². The van der Waals surface area contributed by atoms with Crippen molar-refractivity contribution in [3.63, 3.8) is 0 Å². The number of carbonyl (C=O) groups is 1. The standard InChI is InChI=1S/C12H14BrNO3/c1-14-5-4-11(12(14)16)17-9-2-3-10(13)8(6-9)7-15/h2-3,6,11,15H,4-5,7H2,1H3. The maximum absolute atomic E-state index is 11.7. The molecule has 0 radical (unpaired) electrons. The Bertz CT molecular complexity index is 436. The van der Waals surface area contributed by atoms with Crippen molar-refractivity contribution in [3.05, 3.63) is 28.2 Å². The third kappa shape index (κ3) is 2.61. The van der Waals surface area contributed by atoms with Gasteiger partial charge in [0.2, 0.25) is 0 Å². The molecule has 0 aromatic heterocycles. The van der Waals surface area contributed by atoms with Crippen LogP contribution in [0.1, 0.15) is 12.0 Å². The van der Waals surface area contributed by atoms with Crippen LogP contribution in [0.4, 0.5) is 0 Å². The van der Waals surface area contributed by atoms with Gasteiger partial charge in [0.1, 0.15) is 5.75 Å². The Morgan fingerprint density at radius 3 is 2.94 bits per heavy atom. The fourth-order valence-corrected chi connectivity index (χ4v) is 2.18. The van der Waals surface area contributed by atoms with Gasteiger partial charge in [-0.15, -0.1) is 0 Å². The average molecular weight is 300 g/mol. The highest BCUT2D eigenvalue weighted by molar-refractivity contribution is 9.10. The number of ether oxygens (including phenoxy) is 1. The van der Waals surface area contributed by atoms with Gasteiger partial charge >= 0.3 is 0 Å². The topological polar surface area (TPSA) is 49.8 Å². The van der Waals surface area contributed by atoms with Crippen molar-refractivity contribution in [3.8, 4) is 5.75 Å². The van der Waals surface area contributed by atoms with Crippen LogP contribution >= 0.6 is 15.9 Å². The number of likely N-dealkylation sites (N-methyl/N-ethyl adjacent to an activating group) is 1. The van der Waals surface area contributed by atoms with Gasteiger partial charge in [-0.2, -0.15) is 0 Å². The molecular formula is C12H14BrNO3. The molecule has 1 aromatic rings. The molecule has 1 atom stereocenters. The van der Waals surface area contributed by atoms with Gasteiger partial charge < -0.3 is 14.7 Å². The summed E-state index contributed by atoms with van der Waals surface area (Å²) in [6, 6.07) is 5.34. The zero-order valence-electron chi connectivity index (χ0n) is 9.52. The van der Waals surface area contributed by atoms with Gasteiger partial charge in [-0.3, -0.25) is 4.79 Å². The summed E-state index contributed by atoms with van der Waals surface area (Å²) in [5, 5.41) is 9.14. The summed E-state index contributed by atoms with van der Waals surface area (Å²) in [6.45, 7) is 0.670. The van der Waals surface area contributed by atoms with E-state index < -0.39 is 6.10 Å². The summed E-state index contributed by atoms with van der Waals surface area (Å²) in [6.07, 6.45) is 0.313. The number of rotatable bonds is 3. The fraction of sp³-hybridized carbons (Fsp3) is 0.417. The minimum absolute atomic E-state index is 0.0125. The average Bonchev–Trinajstić information content (AvgIpc) is 2.63. The summed E-state index contributed by atoms with van der Waals surface area (Å²) in [7, 11) is 1.77. The molecule has 0 saturated carbocycles. The largest absolute Gasteiger partial charge is 0.481 e. The lowest BCUT2D eigenvalue weighted by Gasteiger charge is -2.14. The molecule has 0 bridgehead atoms. The number of amides is 1. The molecule has 92 valence electrons. The first-order valence-electron chi connectivity index (χ1n) is 5.42. The lowest BCUT2D eigenvalue weighted by Crippen LogP contribution is -2.29. The van der Waals surface area contributed by atoms with Crippen molar-refractivity contribution in [1.82, 2.24) is 4.90 Å². The highest BCUT2D eigenvalue weighted by atomic mass is 79.9. The minimum Gasteiger partial charge on any atom is -0.481 e. The predicted molar refractivity (Wildman–Crippen MR) is 66.7 cm³/mol. The van der Waals surface area contributed by atoms with E-state index in [0.717, 1.165) is 16.6 Å². The van der Waals surface area contributed by atoms with Crippen LogP contribution in [0.5, 0.6) is 5.75 Å². The molecule has 1 aliphatic rings. The normalized spacial score (nSPS) is 19.8. The minimum atomic E-state index is -0.396. The number of benzene rings is 1. The molecule has 1 N–H and O–H groups in total. The van der Waals surface area contributed by atoms with Crippen LogP contribution in [-0.2, 0) is 11.4 Å². The molecule has 1 aliphatic heterocycles. The van der Waals surface area contributed by atoms with Crippen molar-refractivity contribution < 1.29 is 14.6 Å². The van der Waals surface area contributed by atoms with Crippen LogP contribution in [0.25, 0.3) is 0 Å². The Morgan fingerprint density at radius 1 is 1.59 bits per heavy atom. The molecule has 1 heterocycles. The van der Waals surface area contributed by atoms with E-state index in [0.29, 0.717) is 12.2 Å². The second kappa shape index (κ2) is 5.06. The molecule has 0 spiro atoms. The molecule has 1 fully saturated rings. The zero-order chi connectivity index (χ0) is 12.4. The predicted octanol–water partition coefficient (Wildman–Crippen LogP) is 1.55. The second-order valence-corrected chi connectivity index (χ2v) is 4.92. The lowest BCUT2D eigenvalue weighted by atomic mass is 10.2. The van der Waals surface area contributed by atoms with Crippen molar-refractivity contribution in [1.29, 1.82) is 0 Å². The molecule has 1 unspecified atom stereocenters. The van der Waals surface area contributed by atoms with Crippen molar-refractivity contribution in [2.75, 3.05) is 13.6 Å². The number of aliphatic hydroxyl groups is 1. The van der Waals surface area contributed by atoms with Gasteiger partial charge in [0.15, 0.2) is 6.10 Å². The van der Waals surface area contributed by atoms with E-state index in [-0.39, 0.29) is 12.5 Å². The van der Waals surface area contributed by atoms with Gasteiger partial charge in [-0.05, 0) is 23.8 Å². The quantitative estimate of drug-likeness (QED) is 0.921. The van der Waals surface area contributed by atoms with Crippen molar-refractivity contribution >= 4 is 21.8 Å². The molecule has 1 saturated heterocycles. The second-order valence-electron chi connectivity index (χ2n) is 4.07. The number of hydrogen-bond donors (Lipinski definition) is 1. The van der Waals surface area contributed by atoms with Crippen LogP contribution in [0, 0.1) is 0 Å². The third-order valence-corrected chi connectivity index (χ3v) is 3.62. The Hall–Kier alpha value is -1.07. The SMILES string of the molecule is CN1CCC(Oc2ccc(Br)c(CO)c2)C1=O. The molecule has 1 amide bonds. The summed E-state index contributed by atoms with van der Waals surface area (Å²) >= 11 is 3.33. The van der Waals surface area contributed by atoms with Crippen LogP contribution in [0.3, 0.4) is 0 Å². The highest BCUT2D eigenvalue weighted by Gasteiger charge is 2.30. The van der Waals surface area contributed by atoms with Crippen LogP contribution in [0.15, 0.2) is 22.7 Å². The monoisotopic (exact) mass is 299 g/mol. The number of halogens is 1. The smallest absolute Gasteiger partial charge is 0.263 e. The summed E-state index contributed by atoms with van der Waals surface area (Å²) < 4.78 is 6.47. The Labute approximate surface area is 108 Å². The van der Waals surface area contributed by atoms with E-state index in [2.05, 4.69) is 15.9 Å². The van der Waals surface area contributed by atoms with Gasteiger partial charge in [-0.1, -0.05) is 15.9 Å². The Balaban J connectivity index is 2.11. The van der Waals surface area contributed by atoms with E-state index >= 15 is 0 Å². The lowest BCUT2D eigenvalue weighted by molar-refractivity contribution is -0.132. The zero-order valence-corrected chi connectivity index (χ0v) is 11.1. The van der Waals surface area contributed by atoms with E-state index in [1.807, 2.05) is 6.07 Å². The van der Waals surface area contributed by atoms with E-state index in [1.54, 1.807) is 24.1 Å². The first-order chi connectivity index (χ1) is 8.11. The summed E-state index contributed by atoms with van der Waals surface area (Å²) in [5.74, 6) is 0.629. The molecule has 1 aromatic carbocycles. The van der Waals surface area contributed by atoms with Crippen LogP contribution < -0.4 is 4.74 Å². The first kappa shape index (κ1) is 12.4. The summed E-state index contributed by atoms with van der Waals surface area (Å²) in [4.78, 5) is 13.3.